The molecule has 0 saturated heterocycles. The number of allylic oxidation sites excluding steroid dienone is 2. The van der Waals surface area contributed by atoms with Crippen molar-refractivity contribution in [1.29, 1.82) is 0 Å². The molecule has 1 aromatic rings. The third-order valence-corrected chi connectivity index (χ3v) is 3.61. The molecule has 0 bridgehead atoms. The average Bonchev–Trinajstić information content (AvgIpc) is 2.65. The smallest absolute Gasteiger partial charge is 0.120 e. The lowest BCUT2D eigenvalue weighted by Crippen LogP contribution is -2.05. The molecule has 24 heavy (non-hydrogen) atoms. The van der Waals surface area contributed by atoms with Gasteiger partial charge in [0.2, 0.25) is 0 Å². The van der Waals surface area contributed by atoms with E-state index in [1.54, 1.807) is 14.2 Å². The molecule has 0 spiro atoms. The summed E-state index contributed by atoms with van der Waals surface area (Å²) in [6.45, 7) is 7.63. The molecule has 0 N–H and O–H groups in total. The van der Waals surface area contributed by atoms with E-state index in [1.807, 2.05) is 38.1 Å². The van der Waals surface area contributed by atoms with Crippen LogP contribution in [0.1, 0.15) is 40.0 Å². The Morgan fingerprint density at radius 3 is 2.12 bits per heavy atom. The number of rotatable bonds is 6. The Bertz CT molecular complexity index is 478. The standard InChI is InChI=1S/C11H18O2.C7H7BrO.C2H6/c1-3-8-13-9-10-6-4-5-7-11(10)12-2;1-9-7-4-2-6(8)3-5-7;1-2/h6-7H,3-5,8-9H2,1-2H3;2-5H,1H3;1-2H3. The predicted molar refractivity (Wildman–Crippen MR) is 106 cm³/mol. The maximum absolute atomic E-state index is 5.47. The second-order valence-corrected chi connectivity index (χ2v) is 5.71. The second-order valence-electron chi connectivity index (χ2n) is 4.79. The molecule has 0 amide bonds. The Morgan fingerprint density at radius 1 is 0.958 bits per heavy atom. The Morgan fingerprint density at radius 2 is 1.58 bits per heavy atom. The van der Waals surface area contributed by atoms with Crippen molar-refractivity contribution in [3.8, 4) is 5.75 Å². The molecule has 0 aromatic heterocycles. The van der Waals surface area contributed by atoms with Crippen molar-refractivity contribution in [2.75, 3.05) is 27.4 Å². The van der Waals surface area contributed by atoms with Gasteiger partial charge >= 0.3 is 0 Å². The molecule has 1 aliphatic rings. The summed E-state index contributed by atoms with van der Waals surface area (Å²) < 4.78 is 16.7. The van der Waals surface area contributed by atoms with Crippen LogP contribution in [0.15, 0.2) is 52.2 Å². The van der Waals surface area contributed by atoms with Crippen molar-refractivity contribution in [3.05, 3.63) is 52.2 Å². The molecule has 0 unspecified atom stereocenters. The van der Waals surface area contributed by atoms with E-state index < -0.39 is 0 Å². The molecule has 4 heteroatoms. The molecular formula is C20H31BrO3. The summed E-state index contributed by atoms with van der Waals surface area (Å²) in [6.07, 6.45) is 7.59. The van der Waals surface area contributed by atoms with Crippen LogP contribution in [0, 0.1) is 0 Å². The first-order valence-electron chi connectivity index (χ1n) is 8.52. The number of halogens is 1. The van der Waals surface area contributed by atoms with Crippen LogP contribution in [-0.2, 0) is 9.47 Å². The largest absolute Gasteiger partial charge is 0.497 e. The van der Waals surface area contributed by atoms with Crippen molar-refractivity contribution in [1.82, 2.24) is 0 Å². The number of hydrogen-bond donors (Lipinski definition) is 0. The van der Waals surface area contributed by atoms with E-state index in [-0.39, 0.29) is 0 Å². The minimum Gasteiger partial charge on any atom is -0.497 e. The molecule has 0 radical (unpaired) electrons. The maximum Gasteiger partial charge on any atom is 0.120 e. The number of hydrogen-bond acceptors (Lipinski definition) is 3. The highest BCUT2D eigenvalue weighted by Gasteiger charge is 2.08. The minimum atomic E-state index is 0.688. The van der Waals surface area contributed by atoms with Crippen molar-refractivity contribution in [2.45, 2.75) is 40.0 Å². The Hall–Kier alpha value is -1.26. The molecule has 1 aromatic carbocycles. The lowest BCUT2D eigenvalue weighted by molar-refractivity contribution is 0.150. The second kappa shape index (κ2) is 15.3. The number of ether oxygens (including phenoxy) is 3. The fraction of sp³-hybridized carbons (Fsp3) is 0.500. The maximum atomic E-state index is 5.47. The first kappa shape index (κ1) is 22.7. The van der Waals surface area contributed by atoms with Gasteiger partial charge in [-0.2, -0.15) is 0 Å². The Kier molecular flexibility index (Phi) is 14.5. The van der Waals surface area contributed by atoms with Crippen LogP contribution in [0.3, 0.4) is 0 Å². The zero-order valence-corrected chi connectivity index (χ0v) is 17.2. The van der Waals surface area contributed by atoms with Crippen LogP contribution >= 0.6 is 15.9 Å². The monoisotopic (exact) mass is 398 g/mol. The van der Waals surface area contributed by atoms with E-state index in [1.165, 1.54) is 5.57 Å². The van der Waals surface area contributed by atoms with Crippen molar-refractivity contribution >= 4 is 15.9 Å². The summed E-state index contributed by atoms with van der Waals surface area (Å²) >= 11 is 3.32. The van der Waals surface area contributed by atoms with Crippen LogP contribution in [0.5, 0.6) is 5.75 Å². The first-order chi connectivity index (χ1) is 11.7. The van der Waals surface area contributed by atoms with E-state index in [9.17, 15) is 0 Å². The van der Waals surface area contributed by atoms with Crippen LogP contribution in [0.2, 0.25) is 0 Å². The van der Waals surface area contributed by atoms with E-state index in [0.29, 0.717) is 6.61 Å². The van der Waals surface area contributed by atoms with Gasteiger partial charge in [-0.15, -0.1) is 0 Å². The molecule has 0 aliphatic heterocycles. The summed E-state index contributed by atoms with van der Waals surface area (Å²) in [5, 5.41) is 0. The molecule has 136 valence electrons. The number of benzene rings is 1. The highest BCUT2D eigenvalue weighted by atomic mass is 79.9. The molecule has 0 saturated carbocycles. The topological polar surface area (TPSA) is 27.7 Å². The molecular weight excluding hydrogens is 368 g/mol. The van der Waals surface area contributed by atoms with Gasteiger partial charge in [-0.1, -0.05) is 42.8 Å². The van der Waals surface area contributed by atoms with E-state index >= 15 is 0 Å². The van der Waals surface area contributed by atoms with E-state index in [0.717, 1.165) is 41.9 Å². The third-order valence-electron chi connectivity index (χ3n) is 3.08. The van der Waals surface area contributed by atoms with Crippen LogP contribution < -0.4 is 4.74 Å². The van der Waals surface area contributed by atoms with Crippen LogP contribution in [-0.4, -0.2) is 27.4 Å². The summed E-state index contributed by atoms with van der Waals surface area (Å²) in [5.74, 6) is 1.88. The Balaban J connectivity index is 0.000000420. The molecule has 2 rings (SSSR count). The first-order valence-corrected chi connectivity index (χ1v) is 9.31. The van der Waals surface area contributed by atoms with E-state index in [2.05, 4.69) is 35.0 Å². The van der Waals surface area contributed by atoms with Gasteiger partial charge in [0.15, 0.2) is 0 Å². The quantitative estimate of drug-likeness (QED) is 0.537. The van der Waals surface area contributed by atoms with Gasteiger partial charge in [-0.3, -0.25) is 0 Å². The molecule has 0 heterocycles. The highest BCUT2D eigenvalue weighted by molar-refractivity contribution is 9.10. The van der Waals surface area contributed by atoms with Crippen molar-refractivity contribution < 1.29 is 14.2 Å². The van der Waals surface area contributed by atoms with Crippen molar-refractivity contribution in [3.63, 3.8) is 0 Å². The molecule has 0 fully saturated rings. The average molecular weight is 399 g/mol. The summed E-state index contributed by atoms with van der Waals surface area (Å²) in [4.78, 5) is 0. The van der Waals surface area contributed by atoms with Crippen LogP contribution in [0.25, 0.3) is 0 Å². The Labute approximate surface area is 155 Å². The van der Waals surface area contributed by atoms with Gasteiger partial charge in [0.1, 0.15) is 11.5 Å². The van der Waals surface area contributed by atoms with Crippen molar-refractivity contribution in [2.24, 2.45) is 0 Å². The summed E-state index contributed by atoms with van der Waals surface area (Å²) in [7, 11) is 3.37. The highest BCUT2D eigenvalue weighted by Crippen LogP contribution is 2.19. The van der Waals surface area contributed by atoms with Gasteiger partial charge in [0.25, 0.3) is 0 Å². The number of methoxy groups -OCH3 is 2. The lowest BCUT2D eigenvalue weighted by atomic mass is 10.1. The normalized spacial score (nSPS) is 12.6. The van der Waals surface area contributed by atoms with Gasteiger partial charge in [-0.05, 0) is 49.6 Å². The van der Waals surface area contributed by atoms with E-state index in [4.69, 9.17) is 14.2 Å². The predicted octanol–water partition coefficient (Wildman–Crippen LogP) is 6.15. The zero-order chi connectivity index (χ0) is 18.2. The van der Waals surface area contributed by atoms with Gasteiger partial charge in [0, 0.05) is 16.7 Å². The van der Waals surface area contributed by atoms with Gasteiger partial charge < -0.3 is 14.2 Å². The van der Waals surface area contributed by atoms with Gasteiger partial charge in [0.05, 0.1) is 20.8 Å². The lowest BCUT2D eigenvalue weighted by Gasteiger charge is -2.14. The molecule has 0 atom stereocenters. The SMILES string of the molecule is CC.CCCOCC1=CCCC=C1OC.COc1ccc(Br)cc1. The summed E-state index contributed by atoms with van der Waals surface area (Å²) in [6, 6.07) is 7.70. The molecule has 1 aliphatic carbocycles. The van der Waals surface area contributed by atoms with Gasteiger partial charge in [-0.25, -0.2) is 0 Å². The zero-order valence-electron chi connectivity index (χ0n) is 15.6. The fourth-order valence-corrected chi connectivity index (χ4v) is 2.21. The third kappa shape index (κ3) is 9.78. The molecule has 3 nitrogen and oxygen atoms in total. The minimum absolute atomic E-state index is 0.688. The fourth-order valence-electron chi connectivity index (χ4n) is 1.95. The summed E-state index contributed by atoms with van der Waals surface area (Å²) in [5.41, 5.74) is 1.20. The van der Waals surface area contributed by atoms with Crippen LogP contribution in [0.4, 0.5) is 0 Å².